The first-order valence-corrected chi connectivity index (χ1v) is 18.2. The number of para-hydroxylation sites is 2. The monoisotopic (exact) mass is 668 g/mol. The molecular weight excluding hydrogens is 637 g/mol. The minimum Gasteiger partial charge on any atom is -0.309 e. The van der Waals surface area contributed by atoms with Crippen molar-refractivity contribution in [2.45, 2.75) is 6.92 Å². The van der Waals surface area contributed by atoms with E-state index < -0.39 is 0 Å². The number of pyridine rings is 1. The Balaban J connectivity index is 1.12. The van der Waals surface area contributed by atoms with Crippen molar-refractivity contribution in [3.05, 3.63) is 170 Å². The third-order valence-electron chi connectivity index (χ3n) is 10.3. The van der Waals surface area contributed by atoms with Gasteiger partial charge in [-0.15, -0.1) is 11.3 Å². The Bertz CT molecular complexity index is 3010. The molecule has 3 heteroatoms. The van der Waals surface area contributed by atoms with Gasteiger partial charge < -0.3 is 4.57 Å². The van der Waals surface area contributed by atoms with Gasteiger partial charge in [0.2, 0.25) is 0 Å². The van der Waals surface area contributed by atoms with Crippen molar-refractivity contribution < 1.29 is 0 Å². The minimum absolute atomic E-state index is 1.02. The van der Waals surface area contributed by atoms with Gasteiger partial charge in [0.05, 0.1) is 21.4 Å². The summed E-state index contributed by atoms with van der Waals surface area (Å²) in [6.45, 7) is 6.31. The number of aromatic nitrogens is 2. The van der Waals surface area contributed by atoms with Crippen LogP contribution in [-0.2, 0) is 0 Å². The quantitative estimate of drug-likeness (QED) is 0.167. The molecule has 10 aromatic rings. The topological polar surface area (TPSA) is 17.8 Å². The van der Waals surface area contributed by atoms with Gasteiger partial charge in [-0.05, 0) is 99.3 Å². The van der Waals surface area contributed by atoms with Crippen molar-refractivity contribution in [1.29, 1.82) is 0 Å². The van der Waals surface area contributed by atoms with Crippen molar-refractivity contribution in [2.24, 2.45) is 0 Å². The number of hydrogen-bond acceptors (Lipinski definition) is 2. The number of rotatable bonds is 5. The van der Waals surface area contributed by atoms with Gasteiger partial charge in [-0.25, -0.2) is 0 Å². The van der Waals surface area contributed by atoms with Gasteiger partial charge in [-0.2, -0.15) is 0 Å². The predicted octanol–water partition coefficient (Wildman–Crippen LogP) is 13.9. The van der Waals surface area contributed by atoms with Crippen LogP contribution in [-0.4, -0.2) is 9.55 Å². The molecule has 0 bridgehead atoms. The zero-order valence-corrected chi connectivity index (χ0v) is 28.9. The molecule has 0 aliphatic carbocycles. The Morgan fingerprint density at radius 1 is 0.549 bits per heavy atom. The van der Waals surface area contributed by atoms with Crippen LogP contribution in [0.1, 0.15) is 18.1 Å². The summed E-state index contributed by atoms with van der Waals surface area (Å²) in [7, 11) is 0. The predicted molar refractivity (Wildman–Crippen MR) is 222 cm³/mol. The van der Waals surface area contributed by atoms with E-state index in [-0.39, 0.29) is 0 Å². The van der Waals surface area contributed by atoms with Crippen LogP contribution in [0.25, 0.3) is 104 Å². The molecule has 0 saturated heterocycles. The average molecular weight is 669 g/mol. The van der Waals surface area contributed by atoms with Gasteiger partial charge >= 0.3 is 0 Å². The molecule has 0 aliphatic rings. The van der Waals surface area contributed by atoms with Crippen LogP contribution in [0.4, 0.5) is 0 Å². The van der Waals surface area contributed by atoms with E-state index >= 15 is 0 Å². The molecule has 0 unspecified atom stereocenters. The zero-order valence-electron chi connectivity index (χ0n) is 28.1. The fourth-order valence-corrected chi connectivity index (χ4v) is 9.26. The van der Waals surface area contributed by atoms with Crippen molar-refractivity contribution in [3.8, 4) is 28.1 Å². The number of nitrogens with zero attached hydrogens (tertiary/aromatic N) is 2. The maximum Gasteiger partial charge on any atom is 0.0880 e. The smallest absolute Gasteiger partial charge is 0.0880 e. The summed E-state index contributed by atoms with van der Waals surface area (Å²) < 4.78 is 4.86. The minimum atomic E-state index is 1.02. The fourth-order valence-electron chi connectivity index (χ4n) is 8.07. The molecule has 0 spiro atoms. The fraction of sp³-hybridized carbons (Fsp3) is 0.0208. The number of thiophene rings is 1. The maximum absolute atomic E-state index is 4.99. The van der Waals surface area contributed by atoms with Crippen molar-refractivity contribution in [1.82, 2.24) is 9.55 Å². The summed E-state index contributed by atoms with van der Waals surface area (Å²) in [6.07, 6.45) is 8.28. The van der Waals surface area contributed by atoms with Gasteiger partial charge in [0.1, 0.15) is 0 Å². The standard InChI is InChI=1S/C48H32N2S/c1-3-12-35-34(4-2)42-28-31(21-23-38(42)37-16-6-5-15-36(35)37)30-13-11-14-32(27-30)47-48-41(25-26-49-47)43-29-33(22-24-46(43)51-48)50-44-19-9-7-17-39(44)40-18-8-10-20-45(40)50/h3-29H,2H2,1H3/b12-3-. The molecule has 0 aliphatic heterocycles. The van der Waals surface area contributed by atoms with Crippen LogP contribution in [0.15, 0.2) is 158 Å². The van der Waals surface area contributed by atoms with E-state index in [9.17, 15) is 0 Å². The van der Waals surface area contributed by atoms with Crippen molar-refractivity contribution in [2.75, 3.05) is 0 Å². The summed E-state index contributed by atoms with van der Waals surface area (Å²) in [5.74, 6) is 0. The average Bonchev–Trinajstić information content (AvgIpc) is 3.73. The zero-order chi connectivity index (χ0) is 34.1. The number of allylic oxidation sites excluding steroid dienone is 1. The van der Waals surface area contributed by atoms with Gasteiger partial charge in [-0.1, -0.05) is 116 Å². The van der Waals surface area contributed by atoms with Crippen LogP contribution in [0.3, 0.4) is 0 Å². The van der Waals surface area contributed by atoms with E-state index in [2.05, 4.69) is 170 Å². The first kappa shape index (κ1) is 29.6. The highest BCUT2D eigenvalue weighted by Crippen LogP contribution is 2.42. The Kier molecular flexibility index (Phi) is 6.77. The SMILES string of the molecule is C=Cc1c(/C=C\C)c2ccccc2c2ccc(-c3cccc(-c4nccc5c4sc4ccc(-n6c7ccccc7c7ccccc76)cc45)c3)cc12. The van der Waals surface area contributed by atoms with Crippen molar-refractivity contribution >= 4 is 87.0 Å². The summed E-state index contributed by atoms with van der Waals surface area (Å²) in [4.78, 5) is 4.99. The van der Waals surface area contributed by atoms with E-state index in [1.165, 1.54) is 85.9 Å². The van der Waals surface area contributed by atoms with E-state index in [4.69, 9.17) is 4.98 Å². The molecule has 0 atom stereocenters. The summed E-state index contributed by atoms with van der Waals surface area (Å²) >= 11 is 1.82. The van der Waals surface area contributed by atoms with Gasteiger partial charge in [-0.3, -0.25) is 4.98 Å². The molecule has 0 fully saturated rings. The van der Waals surface area contributed by atoms with Gasteiger partial charge in [0.15, 0.2) is 0 Å². The highest BCUT2D eigenvalue weighted by Gasteiger charge is 2.17. The van der Waals surface area contributed by atoms with Gasteiger partial charge in [0, 0.05) is 43.7 Å². The van der Waals surface area contributed by atoms with Crippen LogP contribution in [0, 0.1) is 0 Å². The van der Waals surface area contributed by atoms with E-state index in [1.54, 1.807) is 0 Å². The normalized spacial score (nSPS) is 12.0. The Labute approximate surface area is 299 Å². The second kappa shape index (κ2) is 11.7. The highest BCUT2D eigenvalue weighted by atomic mass is 32.1. The molecule has 0 saturated carbocycles. The Morgan fingerprint density at radius 2 is 1.24 bits per heavy atom. The molecule has 2 nitrogen and oxygen atoms in total. The lowest BCUT2D eigenvalue weighted by molar-refractivity contribution is 1.19. The molecule has 3 aromatic heterocycles. The van der Waals surface area contributed by atoms with Gasteiger partial charge in [0.25, 0.3) is 0 Å². The summed E-state index contributed by atoms with van der Waals surface area (Å²) in [6, 6.07) is 50.8. The first-order valence-electron chi connectivity index (χ1n) is 17.4. The number of hydrogen-bond donors (Lipinski definition) is 0. The number of fused-ring (bicyclic) bond motifs is 9. The summed E-state index contributed by atoms with van der Waals surface area (Å²) in [5.41, 5.74) is 10.5. The molecule has 10 rings (SSSR count). The van der Waals surface area contributed by atoms with E-state index in [0.717, 1.165) is 16.8 Å². The Morgan fingerprint density at radius 3 is 2.00 bits per heavy atom. The van der Waals surface area contributed by atoms with Crippen LogP contribution in [0.5, 0.6) is 0 Å². The Hall–Kier alpha value is -6.29. The molecular formula is C48H32N2S. The van der Waals surface area contributed by atoms with Crippen LogP contribution in [0.2, 0.25) is 0 Å². The molecule has 240 valence electrons. The molecule has 3 heterocycles. The lowest BCUT2D eigenvalue weighted by Gasteiger charge is -2.15. The van der Waals surface area contributed by atoms with Crippen molar-refractivity contribution in [3.63, 3.8) is 0 Å². The third kappa shape index (κ3) is 4.52. The highest BCUT2D eigenvalue weighted by molar-refractivity contribution is 7.26. The van der Waals surface area contributed by atoms with E-state index in [0.29, 0.717) is 0 Å². The summed E-state index contributed by atoms with van der Waals surface area (Å²) in [5, 5.41) is 9.99. The first-order chi connectivity index (χ1) is 25.2. The second-order valence-corrected chi connectivity index (χ2v) is 14.2. The lowest BCUT2D eigenvalue weighted by atomic mass is 9.89. The lowest BCUT2D eigenvalue weighted by Crippen LogP contribution is -1.93. The molecule has 51 heavy (non-hydrogen) atoms. The van der Waals surface area contributed by atoms with Crippen LogP contribution < -0.4 is 0 Å². The largest absolute Gasteiger partial charge is 0.309 e. The molecule has 7 aromatic carbocycles. The van der Waals surface area contributed by atoms with Crippen LogP contribution >= 0.6 is 11.3 Å². The molecule has 0 radical (unpaired) electrons. The molecule has 0 amide bonds. The third-order valence-corrected chi connectivity index (χ3v) is 11.5. The molecule has 0 N–H and O–H groups in total. The maximum atomic E-state index is 4.99. The second-order valence-electron chi connectivity index (χ2n) is 13.1. The van der Waals surface area contributed by atoms with E-state index in [1.807, 2.05) is 23.6 Å². The number of benzene rings is 7.